The lowest BCUT2D eigenvalue weighted by atomic mass is 9.99. The van der Waals surface area contributed by atoms with Gasteiger partial charge in [0.05, 0.1) is 19.8 Å². The number of aliphatic hydroxyl groups excluding tert-OH is 5. The summed E-state index contributed by atoms with van der Waals surface area (Å²) in [6.45, 7) is -1.68. The van der Waals surface area contributed by atoms with Crippen LogP contribution in [0.3, 0.4) is 0 Å². The Morgan fingerprint density at radius 1 is 0.950 bits per heavy atom. The Morgan fingerprint density at radius 3 is 2.35 bits per heavy atom. The van der Waals surface area contributed by atoms with Crippen molar-refractivity contribution in [1.29, 1.82) is 0 Å². The Balaban J connectivity index is 1.35. The highest BCUT2D eigenvalue weighted by atomic mass is 16.7. The maximum absolute atomic E-state index is 12.7. The molecular formula is C26H28O14. The average molecular weight is 564 g/mol. The highest BCUT2D eigenvalue weighted by molar-refractivity contribution is 5.86. The van der Waals surface area contributed by atoms with Crippen LogP contribution in [0.1, 0.15) is 0 Å². The summed E-state index contributed by atoms with van der Waals surface area (Å²) in [6, 6.07) is 9.39. The second kappa shape index (κ2) is 10.9. The highest BCUT2D eigenvalue weighted by Gasteiger charge is 2.50. The molecule has 0 amide bonds. The van der Waals surface area contributed by atoms with E-state index in [1.165, 1.54) is 36.4 Å². The van der Waals surface area contributed by atoms with Crippen molar-refractivity contribution in [2.24, 2.45) is 0 Å². The number of fused-ring (bicyclic) bond motifs is 1. The number of phenols is 2. The monoisotopic (exact) mass is 564 g/mol. The molecule has 2 fully saturated rings. The molecule has 8 atom stereocenters. The van der Waals surface area contributed by atoms with Crippen LogP contribution >= 0.6 is 0 Å². The van der Waals surface area contributed by atoms with Crippen molar-refractivity contribution in [2.75, 3.05) is 19.8 Å². The molecule has 0 radical (unpaired) electrons. The Labute approximate surface area is 225 Å². The lowest BCUT2D eigenvalue weighted by Crippen LogP contribution is -2.60. The van der Waals surface area contributed by atoms with Crippen LogP contribution in [0.25, 0.3) is 22.3 Å². The quantitative estimate of drug-likeness (QED) is 0.164. The molecule has 2 saturated heterocycles. The molecule has 14 nitrogen and oxygen atoms in total. The fourth-order valence-electron chi connectivity index (χ4n) is 4.49. The molecule has 14 heteroatoms. The van der Waals surface area contributed by atoms with Gasteiger partial charge in [-0.05, 0) is 24.3 Å². The zero-order chi connectivity index (χ0) is 28.8. The molecule has 2 aliphatic rings. The zero-order valence-corrected chi connectivity index (χ0v) is 20.7. The number of ether oxygens (including phenoxy) is 4. The normalized spacial score (nSPS) is 32.4. The minimum Gasteiger partial charge on any atom is -0.508 e. The molecule has 40 heavy (non-hydrogen) atoms. The van der Waals surface area contributed by atoms with E-state index < -0.39 is 79.7 Å². The number of rotatable bonds is 7. The summed E-state index contributed by atoms with van der Waals surface area (Å²) in [4.78, 5) is 12.7. The third-order valence-electron chi connectivity index (χ3n) is 6.86. The van der Waals surface area contributed by atoms with Gasteiger partial charge in [-0.2, -0.15) is 0 Å². The maximum atomic E-state index is 12.7. The predicted octanol–water partition coefficient (Wildman–Crippen LogP) is -1.49. The molecule has 8 unspecified atom stereocenters. The lowest BCUT2D eigenvalue weighted by Gasteiger charge is -2.40. The second-order valence-electron chi connectivity index (χ2n) is 9.69. The summed E-state index contributed by atoms with van der Waals surface area (Å²) in [7, 11) is 0. The third kappa shape index (κ3) is 5.24. The molecule has 0 bridgehead atoms. The first-order valence-corrected chi connectivity index (χ1v) is 12.2. The van der Waals surface area contributed by atoms with Gasteiger partial charge in [-0.1, -0.05) is 0 Å². The summed E-state index contributed by atoms with van der Waals surface area (Å²) in [5.41, 5.74) is -2.09. The van der Waals surface area contributed by atoms with Crippen molar-refractivity contribution in [1.82, 2.24) is 0 Å². The van der Waals surface area contributed by atoms with Gasteiger partial charge in [-0.3, -0.25) is 4.79 Å². The van der Waals surface area contributed by atoms with Crippen molar-refractivity contribution in [2.45, 2.75) is 48.7 Å². The first-order valence-electron chi connectivity index (χ1n) is 12.2. The average Bonchev–Trinajstić information content (AvgIpc) is 3.21. The van der Waals surface area contributed by atoms with Gasteiger partial charge in [0.25, 0.3) is 0 Å². The number of aromatic hydroxyl groups is 2. The molecule has 1 aromatic heterocycles. The van der Waals surface area contributed by atoms with Gasteiger partial charge < -0.3 is 64.2 Å². The Hall–Kier alpha value is -3.31. The van der Waals surface area contributed by atoms with Gasteiger partial charge in [0, 0.05) is 23.8 Å². The van der Waals surface area contributed by atoms with Crippen LogP contribution in [0.4, 0.5) is 0 Å². The molecule has 0 saturated carbocycles. The van der Waals surface area contributed by atoms with E-state index in [1.807, 2.05) is 0 Å². The van der Waals surface area contributed by atoms with E-state index >= 15 is 0 Å². The molecule has 0 aliphatic carbocycles. The molecule has 2 aromatic carbocycles. The van der Waals surface area contributed by atoms with Crippen LogP contribution in [0.15, 0.2) is 51.7 Å². The van der Waals surface area contributed by atoms with E-state index in [0.717, 1.165) is 6.07 Å². The van der Waals surface area contributed by atoms with Crippen LogP contribution in [0.2, 0.25) is 0 Å². The molecule has 216 valence electrons. The number of aliphatic hydroxyl groups is 6. The summed E-state index contributed by atoms with van der Waals surface area (Å²) in [5, 5.41) is 80.6. The molecule has 8 N–H and O–H groups in total. The predicted molar refractivity (Wildman–Crippen MR) is 132 cm³/mol. The van der Waals surface area contributed by atoms with E-state index in [2.05, 4.69) is 0 Å². The van der Waals surface area contributed by atoms with Crippen LogP contribution in [0.5, 0.6) is 17.2 Å². The minimum absolute atomic E-state index is 0.0147. The van der Waals surface area contributed by atoms with Crippen molar-refractivity contribution in [3.63, 3.8) is 0 Å². The van der Waals surface area contributed by atoms with Gasteiger partial charge in [-0.25, -0.2) is 0 Å². The van der Waals surface area contributed by atoms with Crippen LogP contribution in [-0.4, -0.2) is 109 Å². The molecule has 3 aromatic rings. The lowest BCUT2D eigenvalue weighted by molar-refractivity contribution is -0.289. The number of phenolic OH excluding ortho intramolecular Hbond substituents is 2. The topological polar surface area (TPSA) is 229 Å². The SMILES string of the molecule is O=c1cc(-c2ccc(O)cc2)oc2cc(OC3OC(COC4OCC(O)(CO)C4O)C(O)C(O)C3O)cc(O)c12. The van der Waals surface area contributed by atoms with Crippen LogP contribution in [0, 0.1) is 0 Å². The van der Waals surface area contributed by atoms with E-state index in [9.17, 15) is 45.6 Å². The number of hydrogen-bond donors (Lipinski definition) is 8. The molecule has 5 rings (SSSR count). The summed E-state index contributed by atoms with van der Waals surface area (Å²) in [6.07, 6.45) is -11.1. The molecule has 0 spiro atoms. The highest BCUT2D eigenvalue weighted by Crippen LogP contribution is 2.34. The van der Waals surface area contributed by atoms with Crippen LogP contribution in [-0.2, 0) is 14.2 Å². The summed E-state index contributed by atoms with van der Waals surface area (Å²) in [5.74, 6) is -0.456. The first kappa shape index (κ1) is 28.2. The Kier molecular flexibility index (Phi) is 7.71. The number of hydrogen-bond acceptors (Lipinski definition) is 14. The Morgan fingerprint density at radius 2 is 1.68 bits per heavy atom. The smallest absolute Gasteiger partial charge is 0.229 e. The van der Waals surface area contributed by atoms with E-state index in [4.69, 9.17) is 23.4 Å². The third-order valence-corrected chi connectivity index (χ3v) is 6.86. The first-order chi connectivity index (χ1) is 19.0. The fraction of sp³-hybridized carbons (Fsp3) is 0.423. The van der Waals surface area contributed by atoms with Gasteiger partial charge >= 0.3 is 0 Å². The Bertz CT molecular complexity index is 1410. The largest absolute Gasteiger partial charge is 0.508 e. The second-order valence-corrected chi connectivity index (χ2v) is 9.69. The summed E-state index contributed by atoms with van der Waals surface area (Å²) < 4.78 is 27.5. The van der Waals surface area contributed by atoms with Gasteiger partial charge in [0.1, 0.15) is 70.1 Å². The van der Waals surface area contributed by atoms with Crippen molar-refractivity contribution >= 4 is 11.0 Å². The van der Waals surface area contributed by atoms with Gasteiger partial charge in [0.15, 0.2) is 11.7 Å². The molecule has 2 aliphatic heterocycles. The molecular weight excluding hydrogens is 536 g/mol. The van der Waals surface area contributed by atoms with Crippen LogP contribution < -0.4 is 10.2 Å². The fourth-order valence-corrected chi connectivity index (χ4v) is 4.49. The maximum Gasteiger partial charge on any atom is 0.229 e. The van der Waals surface area contributed by atoms with E-state index in [-0.39, 0.29) is 28.2 Å². The number of benzene rings is 2. The zero-order valence-electron chi connectivity index (χ0n) is 20.7. The van der Waals surface area contributed by atoms with E-state index in [0.29, 0.717) is 5.56 Å². The summed E-state index contributed by atoms with van der Waals surface area (Å²) >= 11 is 0. The molecule has 3 heterocycles. The standard InChI is InChI=1S/C26H28O14/c27-9-26(35)10-37-25(23(26)34)36-8-18-20(31)21(32)22(33)24(40-18)38-13-5-14(29)19-15(30)7-16(39-17(19)6-13)11-1-3-12(28)4-2-11/h1-7,18,20-25,27-29,31-35H,8-10H2. The van der Waals surface area contributed by atoms with Crippen molar-refractivity contribution < 1.29 is 64.2 Å². The van der Waals surface area contributed by atoms with Gasteiger partial charge in [-0.15, -0.1) is 0 Å². The van der Waals surface area contributed by atoms with Gasteiger partial charge in [0.2, 0.25) is 6.29 Å². The minimum atomic E-state index is -1.94. The van der Waals surface area contributed by atoms with Crippen molar-refractivity contribution in [3.8, 4) is 28.6 Å². The van der Waals surface area contributed by atoms with Crippen molar-refractivity contribution in [3.05, 3.63) is 52.7 Å². The van der Waals surface area contributed by atoms with E-state index in [1.54, 1.807) is 0 Å².